The average Bonchev–Trinajstić information content (AvgIpc) is 2.32. The Morgan fingerprint density at radius 2 is 1.89 bits per heavy atom. The van der Waals surface area contributed by atoms with Gasteiger partial charge in [0.25, 0.3) is 5.91 Å². The highest BCUT2D eigenvalue weighted by atomic mass is 127. The van der Waals surface area contributed by atoms with Gasteiger partial charge in [-0.25, -0.2) is 8.78 Å². The van der Waals surface area contributed by atoms with E-state index in [0.717, 1.165) is 21.8 Å². The van der Waals surface area contributed by atoms with Crippen molar-refractivity contribution >= 4 is 34.2 Å². The van der Waals surface area contributed by atoms with E-state index in [-0.39, 0.29) is 5.56 Å². The van der Waals surface area contributed by atoms with Crippen molar-refractivity contribution in [3.05, 3.63) is 63.2 Å². The molecule has 0 aliphatic carbocycles. The number of rotatable bonds is 2. The molecule has 1 amide bonds. The highest BCUT2D eigenvalue weighted by Crippen LogP contribution is 2.15. The fourth-order valence-electron chi connectivity index (χ4n) is 1.44. The van der Waals surface area contributed by atoms with Crippen molar-refractivity contribution in [1.82, 2.24) is 0 Å². The van der Waals surface area contributed by atoms with E-state index in [4.69, 9.17) is 0 Å². The van der Waals surface area contributed by atoms with Gasteiger partial charge < -0.3 is 5.32 Å². The third-order valence-corrected chi connectivity index (χ3v) is 2.93. The summed E-state index contributed by atoms with van der Waals surface area (Å²) in [6.45, 7) is 0. The van der Waals surface area contributed by atoms with Crippen LogP contribution in [0.2, 0.25) is 0 Å². The second kappa shape index (κ2) is 5.43. The third kappa shape index (κ3) is 3.04. The van der Waals surface area contributed by atoms with Gasteiger partial charge in [0.1, 0.15) is 11.6 Å². The maximum absolute atomic E-state index is 13.4. The summed E-state index contributed by atoms with van der Waals surface area (Å²) in [5.41, 5.74) is 0.226. The summed E-state index contributed by atoms with van der Waals surface area (Å²) in [6, 6.07) is 9.81. The van der Waals surface area contributed by atoms with Crippen LogP contribution in [0.1, 0.15) is 10.4 Å². The lowest BCUT2D eigenvalue weighted by molar-refractivity contribution is 0.102. The minimum Gasteiger partial charge on any atom is -0.322 e. The molecule has 2 nitrogen and oxygen atoms in total. The first-order valence-corrected chi connectivity index (χ1v) is 6.16. The summed E-state index contributed by atoms with van der Waals surface area (Å²) in [7, 11) is 0. The zero-order valence-corrected chi connectivity index (χ0v) is 11.2. The first kappa shape index (κ1) is 12.9. The molecule has 0 aliphatic rings. The van der Waals surface area contributed by atoms with Gasteiger partial charge in [0, 0.05) is 9.26 Å². The number of hydrogen-bond acceptors (Lipinski definition) is 1. The zero-order chi connectivity index (χ0) is 13.1. The monoisotopic (exact) mass is 359 g/mol. The number of amides is 1. The van der Waals surface area contributed by atoms with Crippen LogP contribution in [0.25, 0.3) is 0 Å². The second-order valence-electron chi connectivity index (χ2n) is 3.59. The predicted octanol–water partition coefficient (Wildman–Crippen LogP) is 3.82. The number of halogens is 3. The maximum atomic E-state index is 13.4. The topological polar surface area (TPSA) is 29.1 Å². The molecule has 0 heterocycles. The van der Waals surface area contributed by atoms with Gasteiger partial charge in [-0.1, -0.05) is 6.07 Å². The molecule has 0 fully saturated rings. The van der Waals surface area contributed by atoms with Crippen LogP contribution in [-0.4, -0.2) is 5.91 Å². The van der Waals surface area contributed by atoms with Gasteiger partial charge in [-0.3, -0.25) is 4.79 Å². The van der Waals surface area contributed by atoms with Crippen LogP contribution in [-0.2, 0) is 0 Å². The molecule has 1 N–H and O–H groups in total. The third-order valence-electron chi connectivity index (χ3n) is 2.26. The van der Waals surface area contributed by atoms with Gasteiger partial charge in [0.05, 0.1) is 5.56 Å². The van der Waals surface area contributed by atoms with Crippen LogP contribution in [0.5, 0.6) is 0 Å². The maximum Gasteiger partial charge on any atom is 0.258 e. The number of benzene rings is 2. The fraction of sp³-hybridized carbons (Fsp3) is 0. The summed E-state index contributed by atoms with van der Waals surface area (Å²) in [5.74, 6) is -2.07. The quantitative estimate of drug-likeness (QED) is 0.812. The lowest BCUT2D eigenvalue weighted by atomic mass is 10.2. The molecule has 2 rings (SSSR count). The molecule has 0 spiro atoms. The first-order chi connectivity index (χ1) is 8.56. The second-order valence-corrected chi connectivity index (χ2v) is 4.83. The molecule has 0 radical (unpaired) electrons. The molecular formula is C13H8F2INO. The number of anilines is 1. The van der Waals surface area contributed by atoms with E-state index in [2.05, 4.69) is 27.9 Å². The highest BCUT2D eigenvalue weighted by Gasteiger charge is 2.12. The van der Waals surface area contributed by atoms with Crippen LogP contribution in [0.15, 0.2) is 42.5 Å². The van der Waals surface area contributed by atoms with E-state index in [9.17, 15) is 13.6 Å². The van der Waals surface area contributed by atoms with Gasteiger partial charge in [0.2, 0.25) is 0 Å². The molecule has 92 valence electrons. The summed E-state index contributed by atoms with van der Waals surface area (Å²) in [4.78, 5) is 11.8. The molecule has 0 atom stereocenters. The van der Waals surface area contributed by atoms with Crippen LogP contribution in [0.4, 0.5) is 14.5 Å². The van der Waals surface area contributed by atoms with Gasteiger partial charge in [-0.05, 0) is 59.0 Å². The van der Waals surface area contributed by atoms with Crippen LogP contribution in [0.3, 0.4) is 0 Å². The average molecular weight is 359 g/mol. The predicted molar refractivity (Wildman–Crippen MR) is 73.5 cm³/mol. The minimum absolute atomic E-state index is 0.311. The minimum atomic E-state index is -0.750. The molecule has 0 saturated carbocycles. The van der Waals surface area contributed by atoms with Crippen molar-refractivity contribution in [2.75, 3.05) is 5.32 Å². The molecule has 0 saturated heterocycles. The van der Waals surface area contributed by atoms with Crippen molar-refractivity contribution in [3.8, 4) is 0 Å². The normalized spacial score (nSPS) is 10.2. The molecule has 0 bridgehead atoms. The van der Waals surface area contributed by atoms with E-state index >= 15 is 0 Å². The van der Waals surface area contributed by atoms with Gasteiger partial charge in [0.15, 0.2) is 0 Å². The van der Waals surface area contributed by atoms with E-state index in [1.165, 1.54) is 0 Å². The van der Waals surface area contributed by atoms with Crippen LogP contribution >= 0.6 is 22.6 Å². The van der Waals surface area contributed by atoms with Crippen molar-refractivity contribution in [2.24, 2.45) is 0 Å². The Labute approximate surface area is 116 Å². The van der Waals surface area contributed by atoms with Crippen LogP contribution in [0, 0.1) is 15.2 Å². The Balaban J connectivity index is 2.24. The van der Waals surface area contributed by atoms with Crippen molar-refractivity contribution < 1.29 is 13.6 Å². The van der Waals surface area contributed by atoms with Gasteiger partial charge >= 0.3 is 0 Å². The number of carbonyl (C=O) groups excluding carboxylic acids is 1. The Kier molecular flexibility index (Phi) is 3.90. The highest BCUT2D eigenvalue weighted by molar-refractivity contribution is 14.1. The van der Waals surface area contributed by atoms with Gasteiger partial charge in [-0.2, -0.15) is 0 Å². The SMILES string of the molecule is O=C(Nc1cccc(I)c1)c1cc(F)ccc1F. The van der Waals surface area contributed by atoms with Crippen molar-refractivity contribution in [2.45, 2.75) is 0 Å². The van der Waals surface area contributed by atoms with E-state index < -0.39 is 17.5 Å². The summed E-state index contributed by atoms with van der Waals surface area (Å²) >= 11 is 2.09. The molecule has 0 aliphatic heterocycles. The lowest BCUT2D eigenvalue weighted by Crippen LogP contribution is -2.14. The molecule has 0 aromatic heterocycles. The number of carbonyl (C=O) groups is 1. The van der Waals surface area contributed by atoms with E-state index in [1.807, 2.05) is 6.07 Å². The molecule has 5 heteroatoms. The summed E-state index contributed by atoms with van der Waals surface area (Å²) < 4.78 is 27.3. The first-order valence-electron chi connectivity index (χ1n) is 5.08. The van der Waals surface area contributed by atoms with Crippen molar-refractivity contribution in [3.63, 3.8) is 0 Å². The smallest absolute Gasteiger partial charge is 0.258 e. The van der Waals surface area contributed by atoms with Gasteiger partial charge in [-0.15, -0.1) is 0 Å². The molecule has 18 heavy (non-hydrogen) atoms. The largest absolute Gasteiger partial charge is 0.322 e. The molecule has 2 aromatic rings. The molecular weight excluding hydrogens is 351 g/mol. The fourth-order valence-corrected chi connectivity index (χ4v) is 1.98. The lowest BCUT2D eigenvalue weighted by Gasteiger charge is -2.06. The molecule has 2 aromatic carbocycles. The Morgan fingerprint density at radius 1 is 1.11 bits per heavy atom. The Bertz CT molecular complexity index is 601. The van der Waals surface area contributed by atoms with E-state index in [1.54, 1.807) is 18.2 Å². The van der Waals surface area contributed by atoms with Crippen molar-refractivity contribution in [1.29, 1.82) is 0 Å². The molecule has 0 unspecified atom stereocenters. The van der Waals surface area contributed by atoms with E-state index in [0.29, 0.717) is 5.69 Å². The number of hydrogen-bond donors (Lipinski definition) is 1. The Morgan fingerprint density at radius 3 is 2.61 bits per heavy atom. The number of nitrogens with one attached hydrogen (secondary N) is 1. The summed E-state index contributed by atoms with van der Waals surface area (Å²) in [6.07, 6.45) is 0. The Hall–Kier alpha value is -1.50. The standard InChI is InChI=1S/C13H8F2INO/c14-8-4-5-12(15)11(6-8)13(18)17-10-3-1-2-9(16)7-10/h1-7H,(H,17,18). The summed E-state index contributed by atoms with van der Waals surface area (Å²) in [5, 5.41) is 2.52. The zero-order valence-electron chi connectivity index (χ0n) is 9.08. The van der Waals surface area contributed by atoms with Crippen LogP contribution < -0.4 is 5.32 Å².